The van der Waals surface area contributed by atoms with Gasteiger partial charge in [0, 0.05) is 13.1 Å². The third kappa shape index (κ3) is 2.81. The van der Waals surface area contributed by atoms with E-state index < -0.39 is 6.10 Å². The summed E-state index contributed by atoms with van der Waals surface area (Å²) in [6, 6.07) is 9.52. The molecule has 1 heterocycles. The topological polar surface area (TPSA) is 61.4 Å². The normalized spacial score (nSPS) is 24.3. The number of aliphatic hydroxyl groups excluding tert-OH is 1. The van der Waals surface area contributed by atoms with Crippen molar-refractivity contribution in [1.29, 1.82) is 0 Å². The van der Waals surface area contributed by atoms with Gasteiger partial charge in [0.05, 0.1) is 12.1 Å². The molecule has 1 aliphatic rings. The van der Waals surface area contributed by atoms with Crippen molar-refractivity contribution in [1.82, 2.24) is 10.6 Å². The van der Waals surface area contributed by atoms with E-state index in [1.165, 1.54) is 0 Å². The Morgan fingerprint density at radius 2 is 2.19 bits per heavy atom. The Morgan fingerprint density at radius 1 is 1.44 bits per heavy atom. The molecule has 4 nitrogen and oxygen atoms in total. The van der Waals surface area contributed by atoms with Crippen LogP contribution in [0.25, 0.3) is 0 Å². The number of hydrogen-bond acceptors (Lipinski definition) is 3. The van der Waals surface area contributed by atoms with Gasteiger partial charge in [-0.2, -0.15) is 0 Å². The number of aliphatic hydroxyl groups is 1. The maximum Gasteiger partial charge on any atom is 0.237 e. The lowest BCUT2D eigenvalue weighted by Crippen LogP contribution is -2.39. The molecule has 2 unspecified atom stereocenters. The van der Waals surface area contributed by atoms with E-state index in [1.807, 2.05) is 30.3 Å². The van der Waals surface area contributed by atoms with E-state index in [2.05, 4.69) is 10.6 Å². The Morgan fingerprint density at radius 3 is 2.81 bits per heavy atom. The number of nitrogens with one attached hydrogen (secondary N) is 2. The molecule has 0 aromatic heterocycles. The molecule has 2 atom stereocenters. The standard InChI is InChI=1S/C12H16N2O2/c15-10-6-11(13-8-10)12(16)14-7-9-4-2-1-3-5-9/h1-5,10-11,13,15H,6-8H2,(H,14,16). The van der Waals surface area contributed by atoms with Crippen molar-refractivity contribution in [2.24, 2.45) is 0 Å². The van der Waals surface area contributed by atoms with Crippen LogP contribution in [0.3, 0.4) is 0 Å². The first-order chi connectivity index (χ1) is 7.75. The molecular formula is C12H16N2O2. The highest BCUT2D eigenvalue weighted by Crippen LogP contribution is 2.06. The van der Waals surface area contributed by atoms with Crippen LogP contribution >= 0.6 is 0 Å². The van der Waals surface area contributed by atoms with Gasteiger partial charge >= 0.3 is 0 Å². The first-order valence-corrected chi connectivity index (χ1v) is 5.49. The van der Waals surface area contributed by atoms with Crippen molar-refractivity contribution < 1.29 is 9.90 Å². The van der Waals surface area contributed by atoms with Gasteiger partial charge in [0.1, 0.15) is 0 Å². The van der Waals surface area contributed by atoms with E-state index in [0.717, 1.165) is 5.56 Å². The molecule has 4 heteroatoms. The monoisotopic (exact) mass is 220 g/mol. The van der Waals surface area contributed by atoms with Crippen molar-refractivity contribution >= 4 is 5.91 Å². The molecule has 0 spiro atoms. The lowest BCUT2D eigenvalue weighted by Gasteiger charge is -2.10. The molecule has 1 aromatic carbocycles. The van der Waals surface area contributed by atoms with Gasteiger partial charge in [-0.3, -0.25) is 4.79 Å². The van der Waals surface area contributed by atoms with Crippen LogP contribution in [-0.2, 0) is 11.3 Å². The Labute approximate surface area is 94.7 Å². The lowest BCUT2D eigenvalue weighted by atomic mass is 10.2. The average molecular weight is 220 g/mol. The number of carbonyl (C=O) groups excluding carboxylic acids is 1. The number of β-amino-alcohol motifs (C(OH)–C–C–N with tert-alkyl or cyclic N) is 1. The predicted molar refractivity (Wildman–Crippen MR) is 60.7 cm³/mol. The summed E-state index contributed by atoms with van der Waals surface area (Å²) < 4.78 is 0. The van der Waals surface area contributed by atoms with Gasteiger partial charge in [0.15, 0.2) is 0 Å². The fraction of sp³-hybridized carbons (Fsp3) is 0.417. The van der Waals surface area contributed by atoms with E-state index in [1.54, 1.807) is 0 Å². The first-order valence-electron chi connectivity index (χ1n) is 5.49. The quantitative estimate of drug-likeness (QED) is 0.673. The summed E-state index contributed by atoms with van der Waals surface area (Å²) in [7, 11) is 0. The molecule has 0 aliphatic carbocycles. The highest BCUT2D eigenvalue weighted by molar-refractivity contribution is 5.82. The highest BCUT2D eigenvalue weighted by atomic mass is 16.3. The number of rotatable bonds is 3. The Kier molecular flexibility index (Phi) is 3.54. The minimum atomic E-state index is -0.396. The van der Waals surface area contributed by atoms with Gasteiger partial charge in [0.25, 0.3) is 0 Å². The molecule has 1 saturated heterocycles. The van der Waals surface area contributed by atoms with Gasteiger partial charge in [0.2, 0.25) is 5.91 Å². The van der Waals surface area contributed by atoms with Gasteiger partial charge in [-0.05, 0) is 12.0 Å². The maximum atomic E-state index is 11.7. The molecule has 1 amide bonds. The van der Waals surface area contributed by atoms with Crippen molar-refractivity contribution in [3.05, 3.63) is 35.9 Å². The largest absolute Gasteiger partial charge is 0.392 e. The van der Waals surface area contributed by atoms with E-state index >= 15 is 0 Å². The Balaban J connectivity index is 1.80. The zero-order chi connectivity index (χ0) is 11.4. The summed E-state index contributed by atoms with van der Waals surface area (Å²) in [6.07, 6.45) is 0.105. The van der Waals surface area contributed by atoms with Crippen LogP contribution in [0, 0.1) is 0 Å². The first kappa shape index (κ1) is 11.1. The van der Waals surface area contributed by atoms with Gasteiger partial charge in [-0.1, -0.05) is 30.3 Å². The molecular weight excluding hydrogens is 204 g/mol. The van der Waals surface area contributed by atoms with Crippen LogP contribution in [0.5, 0.6) is 0 Å². The molecule has 0 bridgehead atoms. The molecule has 1 aliphatic heterocycles. The molecule has 16 heavy (non-hydrogen) atoms. The second kappa shape index (κ2) is 5.09. The van der Waals surface area contributed by atoms with Crippen molar-refractivity contribution in [3.63, 3.8) is 0 Å². The highest BCUT2D eigenvalue weighted by Gasteiger charge is 2.27. The third-order valence-corrected chi connectivity index (χ3v) is 2.73. The van der Waals surface area contributed by atoms with E-state index in [9.17, 15) is 9.90 Å². The summed E-state index contributed by atoms with van der Waals surface area (Å²) in [5.41, 5.74) is 1.08. The minimum absolute atomic E-state index is 0.0413. The number of amides is 1. The predicted octanol–water partition coefficient (Wildman–Crippen LogP) is 0.0256. The fourth-order valence-corrected chi connectivity index (χ4v) is 1.83. The molecule has 0 saturated carbocycles. The van der Waals surface area contributed by atoms with Crippen LogP contribution in [0.15, 0.2) is 30.3 Å². The van der Waals surface area contributed by atoms with Crippen LogP contribution in [0.1, 0.15) is 12.0 Å². The van der Waals surface area contributed by atoms with E-state index in [4.69, 9.17) is 0 Å². The molecule has 2 rings (SSSR count). The Bertz CT molecular complexity index is 353. The van der Waals surface area contributed by atoms with Crippen LogP contribution in [0.2, 0.25) is 0 Å². The summed E-state index contributed by atoms with van der Waals surface area (Å²) >= 11 is 0. The summed E-state index contributed by atoms with van der Waals surface area (Å²) in [5.74, 6) is -0.0413. The minimum Gasteiger partial charge on any atom is -0.392 e. The van der Waals surface area contributed by atoms with Crippen molar-refractivity contribution in [3.8, 4) is 0 Å². The van der Waals surface area contributed by atoms with Crippen LogP contribution < -0.4 is 10.6 Å². The second-order valence-corrected chi connectivity index (χ2v) is 4.05. The third-order valence-electron chi connectivity index (χ3n) is 2.73. The van der Waals surface area contributed by atoms with Crippen molar-refractivity contribution in [2.45, 2.75) is 25.1 Å². The fourth-order valence-electron chi connectivity index (χ4n) is 1.83. The van der Waals surface area contributed by atoms with Gasteiger partial charge in [-0.25, -0.2) is 0 Å². The van der Waals surface area contributed by atoms with Crippen LogP contribution in [0.4, 0.5) is 0 Å². The summed E-state index contributed by atoms with van der Waals surface area (Å²) in [5, 5.41) is 15.1. The number of hydrogen-bond donors (Lipinski definition) is 3. The Hall–Kier alpha value is -1.39. The van der Waals surface area contributed by atoms with Crippen molar-refractivity contribution in [2.75, 3.05) is 6.54 Å². The average Bonchev–Trinajstić information content (AvgIpc) is 2.74. The zero-order valence-corrected chi connectivity index (χ0v) is 9.02. The molecule has 3 N–H and O–H groups in total. The van der Waals surface area contributed by atoms with Crippen LogP contribution in [-0.4, -0.2) is 29.7 Å². The number of benzene rings is 1. The van der Waals surface area contributed by atoms with Gasteiger partial charge in [-0.15, -0.1) is 0 Å². The van der Waals surface area contributed by atoms with E-state index in [-0.39, 0.29) is 11.9 Å². The number of carbonyl (C=O) groups is 1. The second-order valence-electron chi connectivity index (χ2n) is 4.05. The molecule has 86 valence electrons. The van der Waals surface area contributed by atoms with E-state index in [0.29, 0.717) is 19.5 Å². The molecule has 1 fully saturated rings. The van der Waals surface area contributed by atoms with Gasteiger partial charge < -0.3 is 15.7 Å². The lowest BCUT2D eigenvalue weighted by molar-refractivity contribution is -0.123. The summed E-state index contributed by atoms with van der Waals surface area (Å²) in [6.45, 7) is 1.04. The zero-order valence-electron chi connectivity index (χ0n) is 9.02. The SMILES string of the molecule is O=C(NCc1ccccc1)C1CC(O)CN1. The molecule has 1 aromatic rings. The molecule has 0 radical (unpaired) electrons. The maximum absolute atomic E-state index is 11.7. The summed E-state index contributed by atoms with van der Waals surface area (Å²) in [4.78, 5) is 11.7. The smallest absolute Gasteiger partial charge is 0.237 e.